The SMILES string of the molecule is CC.CC1CN(c2ncnc3c2C2(CCC2)CN3c2cc(C#N)cnn2)CCN1C(=O)C12CC(C1)S(=O)C2. The second-order valence-corrected chi connectivity index (χ2v) is 12.9. The molecule has 8 rings (SSSR count). The molecule has 2 aromatic heterocycles. The number of carbonyl (C=O) groups excluding carboxylic acids is 1. The second kappa shape index (κ2) is 9.26. The first kappa shape index (κ1) is 25.2. The molecule has 200 valence electrons. The van der Waals surface area contributed by atoms with Gasteiger partial charge >= 0.3 is 0 Å². The maximum Gasteiger partial charge on any atom is 0.230 e. The molecule has 38 heavy (non-hydrogen) atoms. The quantitative estimate of drug-likeness (QED) is 0.585. The smallest absolute Gasteiger partial charge is 0.230 e. The third-order valence-electron chi connectivity index (χ3n) is 9.08. The minimum absolute atomic E-state index is 0.0275. The van der Waals surface area contributed by atoms with E-state index in [1.54, 1.807) is 12.4 Å². The summed E-state index contributed by atoms with van der Waals surface area (Å²) in [6.07, 6.45) is 7.96. The standard InChI is InChI=1S/C25H28N8O2S.C2H6/c1-16-12-31(5-6-32(16)23(34)25-8-18(9-25)36(35)14-25)21-20-22(28-15-27-21)33(13-24(20)3-2-4-24)19-7-17(10-26)11-29-30-19;1-2/h7,11,15-16,18H,2-6,8-9,12-14H2,1H3;1-2H3. The zero-order valence-electron chi connectivity index (χ0n) is 22.3. The van der Waals surface area contributed by atoms with E-state index in [1.165, 1.54) is 11.8 Å². The molecule has 6 heterocycles. The summed E-state index contributed by atoms with van der Waals surface area (Å²) in [6.45, 7) is 8.93. The molecule has 2 atom stereocenters. The van der Waals surface area contributed by atoms with E-state index in [4.69, 9.17) is 4.98 Å². The average molecular weight is 535 g/mol. The molecule has 2 saturated carbocycles. The molecule has 0 radical (unpaired) electrons. The van der Waals surface area contributed by atoms with E-state index in [0.717, 1.165) is 50.3 Å². The van der Waals surface area contributed by atoms with E-state index in [9.17, 15) is 14.3 Å². The normalized spacial score (nSPS) is 30.1. The third kappa shape index (κ3) is 3.63. The molecule has 1 spiro atoms. The van der Waals surface area contributed by atoms with Gasteiger partial charge in [0.1, 0.15) is 24.0 Å². The molecule has 0 aromatic carbocycles. The van der Waals surface area contributed by atoms with Crippen molar-refractivity contribution >= 4 is 34.2 Å². The van der Waals surface area contributed by atoms with E-state index in [2.05, 4.69) is 38.0 Å². The van der Waals surface area contributed by atoms with Crippen molar-refractivity contribution in [2.24, 2.45) is 5.41 Å². The molecule has 11 heteroatoms. The van der Waals surface area contributed by atoms with E-state index in [0.29, 0.717) is 36.8 Å². The Bertz CT molecular complexity index is 1330. The summed E-state index contributed by atoms with van der Waals surface area (Å²) in [5.74, 6) is 3.18. The molecule has 2 aliphatic carbocycles. The van der Waals surface area contributed by atoms with E-state index < -0.39 is 10.8 Å². The van der Waals surface area contributed by atoms with E-state index in [1.807, 2.05) is 18.7 Å². The van der Waals surface area contributed by atoms with Gasteiger partial charge in [0.15, 0.2) is 5.82 Å². The highest BCUT2D eigenvalue weighted by Crippen LogP contribution is 2.56. The van der Waals surface area contributed by atoms with Crippen LogP contribution in [0.15, 0.2) is 18.6 Å². The fraction of sp³-hybridized carbons (Fsp3) is 0.630. The number of nitrogens with zero attached hydrogens (tertiary/aromatic N) is 8. The van der Waals surface area contributed by atoms with Gasteiger partial charge in [0, 0.05) is 71.1 Å². The summed E-state index contributed by atoms with van der Waals surface area (Å²) in [6, 6.07) is 3.97. The maximum absolute atomic E-state index is 13.5. The Morgan fingerprint density at radius 3 is 2.58 bits per heavy atom. The highest BCUT2D eigenvalue weighted by molar-refractivity contribution is 7.86. The van der Waals surface area contributed by atoms with Gasteiger partial charge < -0.3 is 14.7 Å². The predicted octanol–water partition coefficient (Wildman–Crippen LogP) is 2.69. The molecule has 0 N–H and O–H groups in total. The lowest BCUT2D eigenvalue weighted by Crippen LogP contribution is -2.59. The molecular formula is C27H34N8O2S. The van der Waals surface area contributed by atoms with Crippen molar-refractivity contribution in [2.75, 3.05) is 41.7 Å². The molecule has 4 aliphatic heterocycles. The Morgan fingerprint density at radius 2 is 1.95 bits per heavy atom. The number of amides is 1. The lowest BCUT2D eigenvalue weighted by atomic mass is 9.66. The molecule has 10 nitrogen and oxygen atoms in total. The van der Waals surface area contributed by atoms with Crippen molar-refractivity contribution in [1.82, 2.24) is 25.1 Å². The predicted molar refractivity (Wildman–Crippen MR) is 145 cm³/mol. The summed E-state index contributed by atoms with van der Waals surface area (Å²) in [5.41, 5.74) is 1.24. The van der Waals surface area contributed by atoms with Crippen LogP contribution in [0.5, 0.6) is 0 Å². The Labute approximate surface area is 225 Å². The summed E-state index contributed by atoms with van der Waals surface area (Å²) in [4.78, 5) is 29.3. The minimum atomic E-state index is -0.838. The molecule has 5 fully saturated rings. The number of nitriles is 1. The fourth-order valence-electron chi connectivity index (χ4n) is 6.99. The van der Waals surface area contributed by atoms with Gasteiger partial charge in [-0.1, -0.05) is 20.3 Å². The first-order valence-corrected chi connectivity index (χ1v) is 15.1. The first-order valence-electron chi connectivity index (χ1n) is 13.7. The van der Waals surface area contributed by atoms with Crippen molar-refractivity contribution in [3.8, 4) is 6.07 Å². The topological polar surface area (TPSA) is 119 Å². The zero-order valence-corrected chi connectivity index (χ0v) is 23.1. The van der Waals surface area contributed by atoms with Crippen molar-refractivity contribution < 1.29 is 9.00 Å². The van der Waals surface area contributed by atoms with Gasteiger partial charge in [0.05, 0.1) is 17.2 Å². The summed E-state index contributed by atoms with van der Waals surface area (Å²) < 4.78 is 12.2. The molecule has 2 bridgehead atoms. The minimum Gasteiger partial charge on any atom is -0.352 e. The number of hydrogen-bond donors (Lipinski definition) is 0. The number of carbonyl (C=O) groups is 1. The van der Waals surface area contributed by atoms with Gasteiger partial charge in [-0.2, -0.15) is 10.4 Å². The van der Waals surface area contributed by atoms with Crippen LogP contribution in [0.3, 0.4) is 0 Å². The van der Waals surface area contributed by atoms with Crippen molar-refractivity contribution in [3.05, 3.63) is 29.7 Å². The van der Waals surface area contributed by atoms with Crippen LogP contribution in [0, 0.1) is 16.7 Å². The van der Waals surface area contributed by atoms with Gasteiger partial charge in [-0.15, -0.1) is 5.10 Å². The van der Waals surface area contributed by atoms with Gasteiger partial charge in [-0.3, -0.25) is 9.00 Å². The van der Waals surface area contributed by atoms with Crippen LogP contribution in [-0.2, 0) is 21.0 Å². The Balaban J connectivity index is 0.00000129. The zero-order chi connectivity index (χ0) is 26.7. The number of piperazine rings is 1. The first-order chi connectivity index (χ1) is 18.4. The second-order valence-electron chi connectivity index (χ2n) is 11.2. The molecular weight excluding hydrogens is 500 g/mol. The van der Waals surface area contributed by atoms with Gasteiger partial charge in [0.25, 0.3) is 0 Å². The molecule has 2 unspecified atom stereocenters. The van der Waals surface area contributed by atoms with Gasteiger partial charge in [0.2, 0.25) is 5.91 Å². The average Bonchev–Trinajstić information content (AvgIpc) is 3.55. The number of aromatic nitrogens is 4. The molecule has 2 aromatic rings. The Morgan fingerprint density at radius 1 is 1.18 bits per heavy atom. The number of hydrogen-bond acceptors (Lipinski definition) is 9. The Kier molecular flexibility index (Phi) is 6.13. The highest BCUT2D eigenvalue weighted by Gasteiger charge is 2.61. The number of rotatable bonds is 3. The lowest BCUT2D eigenvalue weighted by molar-refractivity contribution is -0.146. The maximum atomic E-state index is 13.5. The number of fused-ring (bicyclic) bond motifs is 3. The van der Waals surface area contributed by atoms with Crippen LogP contribution in [0.25, 0.3) is 0 Å². The molecule has 3 saturated heterocycles. The van der Waals surface area contributed by atoms with Crippen molar-refractivity contribution in [2.45, 2.75) is 69.6 Å². The lowest BCUT2D eigenvalue weighted by Gasteiger charge is -2.47. The summed E-state index contributed by atoms with van der Waals surface area (Å²) in [7, 11) is -0.838. The van der Waals surface area contributed by atoms with Crippen LogP contribution in [0.1, 0.15) is 64.0 Å². The third-order valence-corrected chi connectivity index (χ3v) is 11.0. The van der Waals surface area contributed by atoms with Crippen molar-refractivity contribution in [1.29, 1.82) is 5.26 Å². The van der Waals surface area contributed by atoms with Gasteiger partial charge in [-0.25, -0.2) is 9.97 Å². The van der Waals surface area contributed by atoms with Gasteiger partial charge in [-0.05, 0) is 32.6 Å². The molecule has 6 aliphatic rings. The largest absolute Gasteiger partial charge is 0.352 e. The van der Waals surface area contributed by atoms with E-state index in [-0.39, 0.29) is 28.0 Å². The highest BCUT2D eigenvalue weighted by atomic mass is 32.2. The monoisotopic (exact) mass is 534 g/mol. The van der Waals surface area contributed by atoms with E-state index >= 15 is 0 Å². The van der Waals surface area contributed by atoms with Crippen LogP contribution in [-0.4, -0.2) is 78.4 Å². The molecule has 1 amide bonds. The van der Waals surface area contributed by atoms with Crippen LogP contribution >= 0.6 is 0 Å². The summed E-state index contributed by atoms with van der Waals surface area (Å²) in [5, 5.41) is 17.9. The Hall–Kier alpha value is -3.13. The van der Waals surface area contributed by atoms with Crippen LogP contribution in [0.4, 0.5) is 17.5 Å². The van der Waals surface area contributed by atoms with Crippen LogP contribution in [0.2, 0.25) is 0 Å². The summed E-state index contributed by atoms with van der Waals surface area (Å²) >= 11 is 0. The van der Waals surface area contributed by atoms with Crippen molar-refractivity contribution in [3.63, 3.8) is 0 Å². The number of anilines is 3. The fourth-order valence-corrected chi connectivity index (χ4v) is 9.14. The van der Waals surface area contributed by atoms with Crippen LogP contribution < -0.4 is 9.80 Å².